The third-order valence-corrected chi connectivity index (χ3v) is 4.88. The molecule has 0 atom stereocenters. The minimum absolute atomic E-state index is 0.411. The number of carbonyl (C=O) groups is 2. The van der Waals surface area contributed by atoms with Crippen molar-refractivity contribution in [3.05, 3.63) is 69.8 Å². The molecular formula is C24H30O6. The molecule has 0 radical (unpaired) electrons. The molecule has 0 fully saturated rings. The fourth-order valence-corrected chi connectivity index (χ4v) is 3.22. The zero-order valence-electron chi connectivity index (χ0n) is 18.3. The highest BCUT2D eigenvalue weighted by molar-refractivity contribution is 5.92. The highest BCUT2D eigenvalue weighted by Gasteiger charge is 2.22. The van der Waals surface area contributed by atoms with Crippen LogP contribution in [0.5, 0.6) is 0 Å². The molecule has 2 rings (SSSR count). The minimum Gasteiger partial charge on any atom is -0.290 e. The van der Waals surface area contributed by atoms with Gasteiger partial charge in [0.05, 0.1) is 11.1 Å². The first-order valence-corrected chi connectivity index (χ1v) is 10.2. The van der Waals surface area contributed by atoms with Crippen molar-refractivity contribution in [3.63, 3.8) is 0 Å². The number of hydrogen-bond donors (Lipinski definition) is 0. The summed E-state index contributed by atoms with van der Waals surface area (Å²) in [6.45, 7) is 9.37. The third-order valence-electron chi connectivity index (χ3n) is 4.88. The van der Waals surface area contributed by atoms with Gasteiger partial charge in [-0.25, -0.2) is 9.59 Å². The van der Waals surface area contributed by atoms with Gasteiger partial charge in [0, 0.05) is 6.42 Å². The average molecular weight is 414 g/mol. The molecule has 0 saturated heterocycles. The van der Waals surface area contributed by atoms with Crippen molar-refractivity contribution in [2.75, 3.05) is 0 Å². The first-order chi connectivity index (χ1) is 14.3. The van der Waals surface area contributed by atoms with E-state index >= 15 is 0 Å². The Balaban J connectivity index is 2.01. The molecule has 6 nitrogen and oxygen atoms in total. The number of rotatable bonds is 10. The lowest BCUT2D eigenvalue weighted by atomic mass is 10.0. The summed E-state index contributed by atoms with van der Waals surface area (Å²) in [5, 5.41) is 0. The molecule has 6 heteroatoms. The fourth-order valence-electron chi connectivity index (χ4n) is 3.22. The Kier molecular flexibility index (Phi) is 9.02. The molecular weight excluding hydrogens is 384 g/mol. The molecule has 0 unspecified atom stereocenters. The monoisotopic (exact) mass is 414 g/mol. The van der Waals surface area contributed by atoms with Crippen LogP contribution in [0.1, 0.15) is 75.6 Å². The van der Waals surface area contributed by atoms with Gasteiger partial charge in [-0.3, -0.25) is 9.78 Å². The minimum atomic E-state index is -1.02. The van der Waals surface area contributed by atoms with E-state index in [-0.39, 0.29) is 0 Å². The maximum atomic E-state index is 12.5. The Morgan fingerprint density at radius 2 is 1.13 bits per heavy atom. The molecule has 0 bridgehead atoms. The Labute approximate surface area is 178 Å². The number of carbonyl (C=O) groups excluding carboxylic acids is 2. The lowest BCUT2D eigenvalue weighted by molar-refractivity contribution is -0.421. The van der Waals surface area contributed by atoms with Crippen molar-refractivity contribution in [2.24, 2.45) is 0 Å². The predicted molar refractivity (Wildman–Crippen MR) is 113 cm³/mol. The van der Waals surface area contributed by atoms with Crippen LogP contribution in [0.2, 0.25) is 0 Å². The number of aryl methyl sites for hydroxylation is 4. The van der Waals surface area contributed by atoms with Crippen LogP contribution >= 0.6 is 0 Å². The lowest BCUT2D eigenvalue weighted by Gasteiger charge is -2.16. The van der Waals surface area contributed by atoms with Crippen molar-refractivity contribution < 1.29 is 29.1 Å². The molecule has 162 valence electrons. The first-order valence-electron chi connectivity index (χ1n) is 10.2. The van der Waals surface area contributed by atoms with Crippen LogP contribution in [0, 0.1) is 27.7 Å². The Morgan fingerprint density at radius 3 is 1.50 bits per heavy atom. The highest BCUT2D eigenvalue weighted by Crippen LogP contribution is 2.18. The molecule has 2 aromatic rings. The van der Waals surface area contributed by atoms with Gasteiger partial charge in [-0.05, 0) is 56.4 Å². The van der Waals surface area contributed by atoms with Gasteiger partial charge < -0.3 is 0 Å². The quantitative estimate of drug-likeness (QED) is 0.215. The van der Waals surface area contributed by atoms with Gasteiger partial charge in [-0.2, -0.15) is 0 Å². The van der Waals surface area contributed by atoms with E-state index in [0.717, 1.165) is 41.5 Å². The van der Waals surface area contributed by atoms with Crippen LogP contribution in [0.15, 0.2) is 36.4 Å². The van der Waals surface area contributed by atoms with Gasteiger partial charge in [0.2, 0.25) is 6.29 Å². The molecule has 0 heterocycles. The van der Waals surface area contributed by atoms with Crippen molar-refractivity contribution in [1.82, 2.24) is 0 Å². The zero-order chi connectivity index (χ0) is 22.1. The topological polar surface area (TPSA) is 71.1 Å². The fraction of sp³-hybridized carbons (Fsp3) is 0.417. The third kappa shape index (κ3) is 6.40. The maximum Gasteiger partial charge on any atom is 0.373 e. The van der Waals surface area contributed by atoms with Crippen LogP contribution < -0.4 is 0 Å². The van der Waals surface area contributed by atoms with Crippen LogP contribution in [0.3, 0.4) is 0 Å². The summed E-state index contributed by atoms with van der Waals surface area (Å²) >= 11 is 0. The van der Waals surface area contributed by atoms with Crippen molar-refractivity contribution in [3.8, 4) is 0 Å². The smallest absolute Gasteiger partial charge is 0.290 e. The van der Waals surface area contributed by atoms with Crippen molar-refractivity contribution in [2.45, 2.75) is 66.6 Å². The van der Waals surface area contributed by atoms with E-state index in [2.05, 4.69) is 6.92 Å². The molecule has 0 aromatic heterocycles. The molecule has 0 amide bonds. The van der Waals surface area contributed by atoms with Gasteiger partial charge in [0.15, 0.2) is 0 Å². The highest BCUT2D eigenvalue weighted by atomic mass is 17.3. The number of benzene rings is 2. The molecule has 0 spiro atoms. The second-order valence-electron chi connectivity index (χ2n) is 7.39. The van der Waals surface area contributed by atoms with E-state index in [4.69, 9.17) is 19.6 Å². The van der Waals surface area contributed by atoms with E-state index in [1.807, 2.05) is 64.1 Å². The normalized spacial score (nSPS) is 10.9. The van der Waals surface area contributed by atoms with Crippen LogP contribution in [0.4, 0.5) is 0 Å². The second kappa shape index (κ2) is 11.5. The van der Waals surface area contributed by atoms with E-state index in [1.165, 1.54) is 0 Å². The summed E-state index contributed by atoms with van der Waals surface area (Å²) in [5.74, 6) is -1.23. The number of unbranched alkanes of at least 4 members (excludes halogenated alkanes) is 2. The van der Waals surface area contributed by atoms with Crippen molar-refractivity contribution >= 4 is 11.9 Å². The second-order valence-corrected chi connectivity index (χ2v) is 7.39. The molecule has 0 aliphatic rings. The van der Waals surface area contributed by atoms with Gasteiger partial charge in [0.25, 0.3) is 0 Å². The summed E-state index contributed by atoms with van der Waals surface area (Å²) in [7, 11) is 0. The average Bonchev–Trinajstić information content (AvgIpc) is 2.69. The van der Waals surface area contributed by atoms with Crippen LogP contribution in [-0.4, -0.2) is 18.2 Å². The molecule has 0 aliphatic heterocycles. The molecule has 0 N–H and O–H groups in total. The Bertz CT molecular complexity index is 766. The standard InChI is InChI=1S/C24H30O6/c1-6-7-8-15-20(27-29-23(25)21-16(2)11-9-12-17(21)3)28-30-24(26)22-18(4)13-10-14-19(22)5/h9-14,20H,6-8,15H2,1-5H3. The Morgan fingerprint density at radius 1 is 0.733 bits per heavy atom. The summed E-state index contributed by atoms with van der Waals surface area (Å²) in [4.78, 5) is 45.4. The van der Waals surface area contributed by atoms with E-state index in [0.29, 0.717) is 17.5 Å². The van der Waals surface area contributed by atoms with Crippen LogP contribution in [-0.2, 0) is 19.6 Å². The van der Waals surface area contributed by atoms with Crippen LogP contribution in [0.25, 0.3) is 0 Å². The summed E-state index contributed by atoms with van der Waals surface area (Å²) in [6, 6.07) is 11.0. The predicted octanol–water partition coefficient (Wildman–Crippen LogP) is 5.70. The van der Waals surface area contributed by atoms with E-state index in [9.17, 15) is 9.59 Å². The van der Waals surface area contributed by atoms with Gasteiger partial charge in [-0.1, -0.05) is 56.2 Å². The zero-order valence-corrected chi connectivity index (χ0v) is 18.3. The summed E-state index contributed by atoms with van der Waals surface area (Å²) in [6.07, 6.45) is 2.10. The van der Waals surface area contributed by atoms with E-state index in [1.54, 1.807) is 0 Å². The van der Waals surface area contributed by atoms with E-state index < -0.39 is 18.2 Å². The molecule has 0 aliphatic carbocycles. The molecule has 0 saturated carbocycles. The van der Waals surface area contributed by atoms with Crippen molar-refractivity contribution in [1.29, 1.82) is 0 Å². The first kappa shape index (κ1) is 23.6. The van der Waals surface area contributed by atoms with Gasteiger partial charge in [0.1, 0.15) is 0 Å². The SMILES string of the molecule is CCCCCC(OOC(=O)c1c(C)cccc1C)OOC(=O)c1c(C)cccc1C. The lowest BCUT2D eigenvalue weighted by Crippen LogP contribution is -2.23. The van der Waals surface area contributed by atoms with Gasteiger partial charge in [-0.15, -0.1) is 9.78 Å². The molecule has 2 aromatic carbocycles. The molecule has 30 heavy (non-hydrogen) atoms. The maximum absolute atomic E-state index is 12.5. The summed E-state index contributed by atoms with van der Waals surface area (Å²) in [5.41, 5.74) is 4.03. The Hall–Kier alpha value is -2.70. The number of hydrogen-bond acceptors (Lipinski definition) is 6. The summed E-state index contributed by atoms with van der Waals surface area (Å²) < 4.78 is 0. The largest absolute Gasteiger partial charge is 0.373 e. The van der Waals surface area contributed by atoms with Gasteiger partial charge >= 0.3 is 11.9 Å².